The van der Waals surface area contributed by atoms with Gasteiger partial charge in [0.2, 0.25) is 0 Å². The number of esters is 1. The molecule has 0 aromatic heterocycles. The second kappa shape index (κ2) is 5.91. The van der Waals surface area contributed by atoms with Crippen molar-refractivity contribution in [2.24, 2.45) is 5.14 Å². The number of hydrogen-bond acceptors (Lipinski definition) is 5. The minimum absolute atomic E-state index is 0.408. The van der Waals surface area contributed by atoms with Gasteiger partial charge in [-0.3, -0.25) is 0 Å². The molecule has 7 nitrogen and oxygen atoms in total. The molecule has 2 N–H and O–H groups in total. The second-order valence-corrected chi connectivity index (χ2v) is 6.25. The zero-order valence-corrected chi connectivity index (χ0v) is 13.3. The highest BCUT2D eigenvalue weighted by Gasteiger charge is 2.20. The molecule has 0 spiro atoms. The van der Waals surface area contributed by atoms with Crippen LogP contribution in [0.1, 0.15) is 10.4 Å². The summed E-state index contributed by atoms with van der Waals surface area (Å²) in [6.07, 6.45) is 0. The first-order valence-corrected chi connectivity index (χ1v) is 7.87. The molecule has 0 radical (unpaired) electrons. The Bertz CT molecular complexity index is 818. The lowest BCUT2D eigenvalue weighted by molar-refractivity contribution is 0.0601. The van der Waals surface area contributed by atoms with Gasteiger partial charge in [-0.05, 0) is 35.0 Å². The number of nitrogens with zero attached hydrogens (tertiary/aromatic N) is 2. The van der Waals surface area contributed by atoms with Crippen molar-refractivity contribution in [3.05, 3.63) is 42.0 Å². The molecule has 2 aromatic carbocycles. The van der Waals surface area contributed by atoms with E-state index in [1.807, 2.05) is 0 Å². The molecule has 8 heteroatoms. The Morgan fingerprint density at radius 3 is 2.23 bits per heavy atom. The summed E-state index contributed by atoms with van der Waals surface area (Å²) in [5, 5.41) is 8.18. The predicted octanol–water partition coefficient (Wildman–Crippen LogP) is 1.11. The average molecular weight is 323 g/mol. The van der Waals surface area contributed by atoms with E-state index in [1.165, 1.54) is 12.1 Å². The first-order chi connectivity index (χ1) is 10.2. The van der Waals surface area contributed by atoms with Gasteiger partial charge in [0.15, 0.2) is 0 Å². The van der Waals surface area contributed by atoms with Crippen molar-refractivity contribution in [3.8, 4) is 0 Å². The van der Waals surface area contributed by atoms with E-state index in [-0.39, 0.29) is 0 Å². The Labute approximate surface area is 129 Å². The molecular weight excluding hydrogens is 306 g/mol. The first kappa shape index (κ1) is 16.2. The van der Waals surface area contributed by atoms with Gasteiger partial charge in [0, 0.05) is 14.1 Å². The van der Waals surface area contributed by atoms with Crippen molar-refractivity contribution >= 4 is 32.6 Å². The Balaban J connectivity index is 2.53. The third-order valence-corrected chi connectivity index (χ3v) is 4.09. The largest absolute Gasteiger partial charge is 0.465 e. The number of ether oxygens (including phenoxy) is 1. The van der Waals surface area contributed by atoms with E-state index in [1.54, 1.807) is 50.5 Å². The number of methoxy groups -OCH3 is 1. The standard InChI is InChI=1S/C14H17N3O4S/c1-16(2)17(22(15,19)20)13-7-6-10-8-12(14(18)21-3)5-4-11(10)9-13/h4-9H,1-3H3,(H2,15,19,20). The SMILES string of the molecule is COC(=O)c1ccc2cc(N(N(C)C)S(N)(=O)=O)ccc2c1. The van der Waals surface area contributed by atoms with Gasteiger partial charge in [0.25, 0.3) is 0 Å². The number of carbonyl (C=O) groups is 1. The summed E-state index contributed by atoms with van der Waals surface area (Å²) in [7, 11) is 0.547. The van der Waals surface area contributed by atoms with Gasteiger partial charge < -0.3 is 4.74 Å². The third kappa shape index (κ3) is 3.19. The summed E-state index contributed by atoms with van der Waals surface area (Å²) in [6.45, 7) is 0. The van der Waals surface area contributed by atoms with Crippen LogP contribution in [-0.4, -0.2) is 40.6 Å². The molecule has 0 heterocycles. The van der Waals surface area contributed by atoms with Crippen molar-refractivity contribution in [2.45, 2.75) is 0 Å². The fraction of sp³-hybridized carbons (Fsp3) is 0.214. The molecular formula is C14H17N3O4S. The van der Waals surface area contributed by atoms with E-state index in [2.05, 4.69) is 4.74 Å². The van der Waals surface area contributed by atoms with E-state index in [9.17, 15) is 13.2 Å². The molecule has 0 aliphatic carbocycles. The maximum absolute atomic E-state index is 11.7. The molecule has 0 fully saturated rings. The van der Waals surface area contributed by atoms with E-state index in [0.29, 0.717) is 11.3 Å². The number of benzene rings is 2. The van der Waals surface area contributed by atoms with Crippen LogP contribution in [0, 0.1) is 0 Å². The van der Waals surface area contributed by atoms with E-state index in [0.717, 1.165) is 15.2 Å². The molecule has 2 rings (SSSR count). The lowest BCUT2D eigenvalue weighted by atomic mass is 10.1. The molecule has 2 aromatic rings. The van der Waals surface area contributed by atoms with Gasteiger partial charge in [-0.2, -0.15) is 12.8 Å². The van der Waals surface area contributed by atoms with Crippen LogP contribution in [0.2, 0.25) is 0 Å². The summed E-state index contributed by atoms with van der Waals surface area (Å²) >= 11 is 0. The molecule has 0 saturated carbocycles. The molecule has 118 valence electrons. The quantitative estimate of drug-likeness (QED) is 0.672. The van der Waals surface area contributed by atoms with Gasteiger partial charge in [0.1, 0.15) is 0 Å². The van der Waals surface area contributed by atoms with Crippen LogP contribution in [0.4, 0.5) is 5.69 Å². The van der Waals surface area contributed by atoms with Gasteiger partial charge in [-0.1, -0.05) is 12.1 Å². The molecule has 22 heavy (non-hydrogen) atoms. The summed E-state index contributed by atoms with van der Waals surface area (Å²) in [4.78, 5) is 11.5. The molecule has 0 bridgehead atoms. The summed E-state index contributed by atoms with van der Waals surface area (Å²) in [6, 6.07) is 10.0. The summed E-state index contributed by atoms with van der Waals surface area (Å²) in [5.41, 5.74) is 0.837. The number of rotatable bonds is 4. The van der Waals surface area contributed by atoms with Crippen molar-refractivity contribution in [2.75, 3.05) is 25.6 Å². The highest BCUT2D eigenvalue weighted by molar-refractivity contribution is 7.90. The van der Waals surface area contributed by atoms with Gasteiger partial charge >= 0.3 is 16.2 Å². The van der Waals surface area contributed by atoms with Gasteiger partial charge in [0.05, 0.1) is 18.4 Å². The van der Waals surface area contributed by atoms with Crippen molar-refractivity contribution < 1.29 is 17.9 Å². The predicted molar refractivity (Wildman–Crippen MR) is 84.6 cm³/mol. The molecule has 0 aliphatic heterocycles. The fourth-order valence-electron chi connectivity index (χ4n) is 2.20. The van der Waals surface area contributed by atoms with Gasteiger partial charge in [-0.15, -0.1) is 0 Å². The third-order valence-electron chi connectivity index (χ3n) is 3.07. The Morgan fingerprint density at radius 2 is 1.68 bits per heavy atom. The highest BCUT2D eigenvalue weighted by Crippen LogP contribution is 2.25. The number of anilines is 1. The van der Waals surface area contributed by atoms with E-state index >= 15 is 0 Å². The zero-order chi connectivity index (χ0) is 16.5. The molecule has 0 aliphatic rings. The lowest BCUT2D eigenvalue weighted by Gasteiger charge is -2.28. The molecule has 0 amide bonds. The van der Waals surface area contributed by atoms with Gasteiger partial charge in [-0.25, -0.2) is 14.9 Å². The van der Waals surface area contributed by atoms with Crippen LogP contribution in [0.15, 0.2) is 36.4 Å². The lowest BCUT2D eigenvalue weighted by Crippen LogP contribution is -2.45. The zero-order valence-electron chi connectivity index (χ0n) is 12.5. The van der Waals surface area contributed by atoms with Crippen molar-refractivity contribution in [3.63, 3.8) is 0 Å². The number of hydrazine groups is 1. The van der Waals surface area contributed by atoms with Crippen molar-refractivity contribution in [1.29, 1.82) is 0 Å². The number of hydrogen-bond donors (Lipinski definition) is 1. The van der Waals surface area contributed by atoms with Crippen molar-refractivity contribution in [1.82, 2.24) is 5.01 Å². The minimum Gasteiger partial charge on any atom is -0.465 e. The molecule has 0 unspecified atom stereocenters. The maximum atomic E-state index is 11.7. The summed E-state index contributed by atoms with van der Waals surface area (Å²) < 4.78 is 29.0. The minimum atomic E-state index is -3.93. The Hall–Kier alpha value is -2.16. The first-order valence-electron chi connectivity index (χ1n) is 6.36. The monoisotopic (exact) mass is 323 g/mol. The van der Waals surface area contributed by atoms with E-state index < -0.39 is 16.2 Å². The topological polar surface area (TPSA) is 92.9 Å². The van der Waals surface area contributed by atoms with Crippen LogP contribution in [0.3, 0.4) is 0 Å². The van der Waals surface area contributed by atoms with Crippen LogP contribution >= 0.6 is 0 Å². The van der Waals surface area contributed by atoms with Crippen LogP contribution in [-0.2, 0) is 14.9 Å². The van der Waals surface area contributed by atoms with Crippen LogP contribution in [0.5, 0.6) is 0 Å². The Morgan fingerprint density at radius 1 is 1.09 bits per heavy atom. The molecule has 0 saturated heterocycles. The number of nitrogens with two attached hydrogens (primary N) is 1. The maximum Gasteiger partial charge on any atom is 0.337 e. The average Bonchev–Trinajstić information content (AvgIpc) is 2.44. The smallest absolute Gasteiger partial charge is 0.337 e. The number of carbonyl (C=O) groups excluding carboxylic acids is 1. The van der Waals surface area contributed by atoms with Crippen LogP contribution in [0.25, 0.3) is 10.8 Å². The number of fused-ring (bicyclic) bond motifs is 1. The normalized spacial score (nSPS) is 11.7. The van der Waals surface area contributed by atoms with E-state index in [4.69, 9.17) is 5.14 Å². The highest BCUT2D eigenvalue weighted by atomic mass is 32.2. The summed E-state index contributed by atoms with van der Waals surface area (Å²) in [5.74, 6) is -0.426. The molecule has 0 atom stereocenters. The Kier molecular flexibility index (Phi) is 4.36. The fourth-order valence-corrected chi connectivity index (χ4v) is 3.07. The second-order valence-electron chi connectivity index (χ2n) is 4.87. The van der Waals surface area contributed by atoms with Crippen LogP contribution < -0.4 is 9.55 Å².